The van der Waals surface area contributed by atoms with E-state index < -0.39 is 0 Å². The van der Waals surface area contributed by atoms with Crippen molar-refractivity contribution in [1.29, 1.82) is 0 Å². The van der Waals surface area contributed by atoms with Crippen LogP contribution in [0.5, 0.6) is 0 Å². The molecule has 1 amide bonds. The Kier molecular flexibility index (Phi) is 6.17. The third-order valence-corrected chi connectivity index (χ3v) is 3.07. The topological polar surface area (TPSA) is 23.6 Å². The largest absolute Gasteiger partial charge is 0.342 e. The van der Waals surface area contributed by atoms with E-state index in [2.05, 4.69) is 0 Å². The molecule has 1 fully saturated rings. The molecule has 0 unspecified atom stereocenters. The molecule has 0 N–H and O–H groups in total. The van der Waals surface area contributed by atoms with E-state index in [4.69, 9.17) is 0 Å². The summed E-state index contributed by atoms with van der Waals surface area (Å²) in [7, 11) is 5.86. The average Bonchev–Trinajstić information content (AvgIpc) is 2.81. The molecule has 0 spiro atoms. The molecule has 0 atom stereocenters. The van der Waals surface area contributed by atoms with Crippen molar-refractivity contribution < 1.29 is 4.79 Å². The first kappa shape index (κ1) is 16.8. The maximum atomic E-state index is 12.0. The van der Waals surface area contributed by atoms with E-state index in [1.165, 1.54) is 0 Å². The first-order valence-corrected chi connectivity index (χ1v) is 4.86. The van der Waals surface area contributed by atoms with Crippen LogP contribution in [0.25, 0.3) is 0 Å². The molecule has 1 aliphatic carbocycles. The first-order chi connectivity index (χ1) is 5.92. The Labute approximate surface area is 95.4 Å². The van der Waals surface area contributed by atoms with Crippen LogP contribution in [0, 0.1) is 0 Å². The molecule has 1 saturated carbocycles. The number of hydrogen-bond acceptors (Lipinski definition) is 2. The van der Waals surface area contributed by atoms with Gasteiger partial charge in [-0.3, -0.25) is 9.69 Å². The summed E-state index contributed by atoms with van der Waals surface area (Å²) in [6, 6.07) is 0.296. The lowest BCUT2D eigenvalue weighted by Crippen LogP contribution is -2.48. The van der Waals surface area contributed by atoms with E-state index in [0.717, 1.165) is 12.8 Å². The highest BCUT2D eigenvalue weighted by atomic mass is 16.2. The number of likely N-dealkylation sites (N-methyl/N-ethyl adjacent to an activating group) is 2. The van der Waals surface area contributed by atoms with E-state index in [1.807, 2.05) is 44.8 Å². The third-order valence-electron chi connectivity index (χ3n) is 3.07. The third kappa shape index (κ3) is 2.94. The van der Waals surface area contributed by atoms with Gasteiger partial charge in [-0.05, 0) is 40.8 Å². The van der Waals surface area contributed by atoms with E-state index in [9.17, 15) is 4.79 Å². The van der Waals surface area contributed by atoms with Crippen LogP contribution in [0.1, 0.15) is 41.5 Å². The Morgan fingerprint density at radius 2 is 1.53 bits per heavy atom. The zero-order valence-corrected chi connectivity index (χ0v) is 9.29. The minimum absolute atomic E-state index is 0. The molecule has 0 heterocycles. The lowest BCUT2D eigenvalue weighted by atomic mass is 10.2. The second-order valence-corrected chi connectivity index (χ2v) is 4.44. The molecule has 0 aromatic rings. The molecule has 3 nitrogen and oxygen atoms in total. The molecular formula is C12H28N2O. The molecule has 3 heteroatoms. The van der Waals surface area contributed by atoms with Gasteiger partial charge in [0, 0.05) is 13.1 Å². The number of rotatable bonds is 3. The highest BCUT2D eigenvalue weighted by Gasteiger charge is 2.53. The molecular weight excluding hydrogens is 188 g/mol. The van der Waals surface area contributed by atoms with E-state index >= 15 is 0 Å². The standard InChI is InChI=1S/C10H20N2O.2CH4/c1-8(2)12(5)9(13)10(6-7-10)11(3)4;;/h8H,6-7H2,1-5H3;2*1H4. The second-order valence-electron chi connectivity index (χ2n) is 4.44. The van der Waals surface area contributed by atoms with E-state index in [0.29, 0.717) is 6.04 Å². The van der Waals surface area contributed by atoms with Gasteiger partial charge < -0.3 is 4.90 Å². The van der Waals surface area contributed by atoms with Gasteiger partial charge >= 0.3 is 0 Å². The van der Waals surface area contributed by atoms with Gasteiger partial charge in [0.2, 0.25) is 5.91 Å². The quantitative estimate of drug-likeness (QED) is 0.722. The van der Waals surface area contributed by atoms with Gasteiger partial charge in [0.1, 0.15) is 5.54 Å². The Morgan fingerprint density at radius 3 is 1.73 bits per heavy atom. The van der Waals surface area contributed by atoms with E-state index in [-0.39, 0.29) is 26.3 Å². The van der Waals surface area contributed by atoms with Crippen LogP contribution in [0.3, 0.4) is 0 Å². The van der Waals surface area contributed by atoms with E-state index in [1.54, 1.807) is 0 Å². The molecule has 1 rings (SSSR count). The average molecular weight is 216 g/mol. The fraction of sp³-hybridized carbons (Fsp3) is 0.917. The van der Waals surface area contributed by atoms with Gasteiger partial charge in [0.05, 0.1) is 0 Å². The summed E-state index contributed by atoms with van der Waals surface area (Å²) < 4.78 is 0. The highest BCUT2D eigenvalue weighted by Crippen LogP contribution is 2.41. The molecule has 0 aromatic carbocycles. The number of nitrogens with zero attached hydrogens (tertiary/aromatic N) is 2. The molecule has 92 valence electrons. The smallest absolute Gasteiger partial charge is 0.243 e. The van der Waals surface area contributed by atoms with Crippen molar-refractivity contribution in [3.05, 3.63) is 0 Å². The molecule has 1 aliphatic rings. The normalized spacial score (nSPS) is 16.7. The predicted molar refractivity (Wildman–Crippen MR) is 67.0 cm³/mol. The summed E-state index contributed by atoms with van der Waals surface area (Å²) in [5, 5.41) is 0. The molecule has 0 aromatic heterocycles. The number of hydrogen-bond donors (Lipinski definition) is 0. The minimum atomic E-state index is -0.168. The summed E-state index contributed by atoms with van der Waals surface area (Å²) >= 11 is 0. The minimum Gasteiger partial charge on any atom is -0.342 e. The summed E-state index contributed by atoms with van der Waals surface area (Å²) in [6.45, 7) is 4.09. The van der Waals surface area contributed by atoms with Crippen molar-refractivity contribution in [3.63, 3.8) is 0 Å². The second kappa shape index (κ2) is 5.50. The summed E-state index contributed by atoms with van der Waals surface area (Å²) in [5.41, 5.74) is -0.168. The zero-order chi connectivity index (χ0) is 10.2. The molecule has 0 aliphatic heterocycles. The van der Waals surface area contributed by atoms with Crippen LogP contribution in [-0.2, 0) is 4.79 Å². The maximum Gasteiger partial charge on any atom is 0.243 e. The van der Waals surface area contributed by atoms with Gasteiger partial charge in [0.15, 0.2) is 0 Å². The van der Waals surface area contributed by atoms with Crippen LogP contribution in [0.15, 0.2) is 0 Å². The van der Waals surface area contributed by atoms with Crippen molar-refractivity contribution in [2.45, 2.75) is 53.1 Å². The van der Waals surface area contributed by atoms with Gasteiger partial charge in [-0.25, -0.2) is 0 Å². The number of carbonyl (C=O) groups excluding carboxylic acids is 1. The van der Waals surface area contributed by atoms with Crippen LogP contribution in [0.4, 0.5) is 0 Å². The number of amides is 1. The van der Waals surface area contributed by atoms with Gasteiger partial charge in [-0.1, -0.05) is 14.9 Å². The van der Waals surface area contributed by atoms with Crippen molar-refractivity contribution in [1.82, 2.24) is 9.80 Å². The molecule has 0 radical (unpaired) electrons. The maximum absolute atomic E-state index is 12.0. The first-order valence-electron chi connectivity index (χ1n) is 4.86. The monoisotopic (exact) mass is 216 g/mol. The van der Waals surface area contributed by atoms with Gasteiger partial charge in [0.25, 0.3) is 0 Å². The fourth-order valence-corrected chi connectivity index (χ4v) is 1.53. The van der Waals surface area contributed by atoms with Crippen LogP contribution >= 0.6 is 0 Å². The lowest BCUT2D eigenvalue weighted by molar-refractivity contribution is -0.137. The van der Waals surface area contributed by atoms with Crippen molar-refractivity contribution in [3.8, 4) is 0 Å². The van der Waals surface area contributed by atoms with Crippen LogP contribution < -0.4 is 0 Å². The molecule has 0 bridgehead atoms. The fourth-order valence-electron chi connectivity index (χ4n) is 1.53. The Morgan fingerprint density at radius 1 is 1.13 bits per heavy atom. The van der Waals surface area contributed by atoms with Crippen LogP contribution in [0.2, 0.25) is 0 Å². The Hall–Kier alpha value is -0.570. The van der Waals surface area contributed by atoms with Crippen molar-refractivity contribution in [2.24, 2.45) is 0 Å². The zero-order valence-electron chi connectivity index (χ0n) is 9.29. The molecule has 0 saturated heterocycles. The van der Waals surface area contributed by atoms with Crippen LogP contribution in [-0.4, -0.2) is 48.4 Å². The summed E-state index contributed by atoms with van der Waals surface area (Å²) in [5.74, 6) is 0.271. The predicted octanol–water partition coefficient (Wildman–Crippen LogP) is 2.22. The SMILES string of the molecule is C.C.CC(C)N(C)C(=O)C1(N(C)C)CC1. The van der Waals surface area contributed by atoms with Gasteiger partial charge in [-0.15, -0.1) is 0 Å². The Bertz CT molecular complexity index is 208. The summed E-state index contributed by atoms with van der Waals surface area (Å²) in [4.78, 5) is 15.9. The lowest BCUT2D eigenvalue weighted by Gasteiger charge is -2.30. The van der Waals surface area contributed by atoms with Crippen molar-refractivity contribution >= 4 is 5.91 Å². The summed E-state index contributed by atoms with van der Waals surface area (Å²) in [6.07, 6.45) is 2.02. The number of carbonyl (C=O) groups is 1. The highest BCUT2D eigenvalue weighted by molar-refractivity contribution is 5.89. The molecule has 15 heavy (non-hydrogen) atoms. The van der Waals surface area contributed by atoms with Gasteiger partial charge in [-0.2, -0.15) is 0 Å². The van der Waals surface area contributed by atoms with Crippen molar-refractivity contribution in [2.75, 3.05) is 21.1 Å². The Balaban J connectivity index is 0.